The summed E-state index contributed by atoms with van der Waals surface area (Å²) in [5, 5.41) is 9.19. The van der Waals surface area contributed by atoms with Gasteiger partial charge in [0.25, 0.3) is 0 Å². The number of fused-ring (bicyclic) bond motifs is 3. The quantitative estimate of drug-likeness (QED) is 0.726. The van der Waals surface area contributed by atoms with Crippen LogP contribution in [0.25, 0.3) is 16.7 Å². The molecule has 0 bridgehead atoms. The topological polar surface area (TPSA) is 46.5 Å². The molecule has 1 aliphatic rings. The van der Waals surface area contributed by atoms with Crippen molar-refractivity contribution in [3.8, 4) is 16.9 Å². The van der Waals surface area contributed by atoms with Gasteiger partial charge in [-0.25, -0.2) is 4.79 Å². The van der Waals surface area contributed by atoms with E-state index in [-0.39, 0.29) is 0 Å². The Labute approximate surface area is 123 Å². The zero-order chi connectivity index (χ0) is 15.1. The Kier molecular flexibility index (Phi) is 3.05. The van der Waals surface area contributed by atoms with E-state index in [4.69, 9.17) is 4.74 Å². The van der Waals surface area contributed by atoms with Crippen molar-refractivity contribution in [2.45, 2.75) is 13.8 Å². The molecule has 0 amide bonds. The van der Waals surface area contributed by atoms with Gasteiger partial charge in [-0.15, -0.1) is 0 Å². The van der Waals surface area contributed by atoms with E-state index in [0.29, 0.717) is 0 Å². The molecule has 0 aromatic heterocycles. The molecule has 3 nitrogen and oxygen atoms in total. The number of hydrogen-bond donors (Lipinski definition) is 1. The monoisotopic (exact) mass is 280 g/mol. The maximum atomic E-state index is 11.2. The SMILES string of the molecule is COc1ccc2c(c1)/C(=C/C(=O)O)c1c(C)cc(C)cc1-2. The van der Waals surface area contributed by atoms with Crippen molar-refractivity contribution >= 4 is 11.5 Å². The lowest BCUT2D eigenvalue weighted by molar-refractivity contribution is -0.131. The fourth-order valence-electron chi connectivity index (χ4n) is 3.05. The van der Waals surface area contributed by atoms with Crippen LogP contribution in [-0.2, 0) is 4.79 Å². The fourth-order valence-corrected chi connectivity index (χ4v) is 3.05. The highest BCUT2D eigenvalue weighted by Crippen LogP contribution is 2.47. The lowest BCUT2D eigenvalue weighted by atomic mass is 9.97. The molecule has 0 saturated carbocycles. The summed E-state index contributed by atoms with van der Waals surface area (Å²) in [6.07, 6.45) is 1.28. The van der Waals surface area contributed by atoms with Crippen molar-refractivity contribution in [3.63, 3.8) is 0 Å². The Hall–Kier alpha value is -2.55. The lowest BCUT2D eigenvalue weighted by Gasteiger charge is -2.07. The molecule has 1 aliphatic carbocycles. The van der Waals surface area contributed by atoms with Crippen LogP contribution in [0.15, 0.2) is 36.4 Å². The fraction of sp³-hybridized carbons (Fsp3) is 0.167. The summed E-state index contributed by atoms with van der Waals surface area (Å²) in [7, 11) is 1.61. The van der Waals surface area contributed by atoms with Crippen LogP contribution in [-0.4, -0.2) is 18.2 Å². The van der Waals surface area contributed by atoms with Crippen molar-refractivity contribution in [1.82, 2.24) is 0 Å². The average Bonchev–Trinajstić information content (AvgIpc) is 2.72. The second-order valence-electron chi connectivity index (χ2n) is 5.31. The molecule has 0 saturated heterocycles. The third-order valence-corrected chi connectivity index (χ3v) is 3.82. The number of methoxy groups -OCH3 is 1. The van der Waals surface area contributed by atoms with Gasteiger partial charge in [0.2, 0.25) is 0 Å². The standard InChI is InChI=1S/C18H16O3/c1-10-6-11(2)18-15(7-10)13-5-4-12(21-3)8-14(13)16(18)9-17(19)20/h4-9H,1-3H3,(H,19,20)/b16-9-. The van der Waals surface area contributed by atoms with Crippen molar-refractivity contribution < 1.29 is 14.6 Å². The van der Waals surface area contributed by atoms with Crippen LogP contribution >= 0.6 is 0 Å². The van der Waals surface area contributed by atoms with Gasteiger partial charge in [0.15, 0.2) is 0 Å². The van der Waals surface area contributed by atoms with Gasteiger partial charge in [-0.05, 0) is 59.4 Å². The zero-order valence-electron chi connectivity index (χ0n) is 12.2. The molecule has 0 atom stereocenters. The number of rotatable bonds is 2. The Bertz CT molecular complexity index is 785. The van der Waals surface area contributed by atoms with Crippen molar-refractivity contribution in [2.75, 3.05) is 7.11 Å². The first kappa shape index (κ1) is 13.4. The van der Waals surface area contributed by atoms with Gasteiger partial charge in [0.05, 0.1) is 7.11 Å². The summed E-state index contributed by atoms with van der Waals surface area (Å²) in [5.74, 6) is -0.209. The molecule has 2 aromatic carbocycles. The van der Waals surface area contributed by atoms with Crippen LogP contribution in [0.4, 0.5) is 0 Å². The minimum Gasteiger partial charge on any atom is -0.497 e. The highest BCUT2D eigenvalue weighted by Gasteiger charge is 2.26. The molecular formula is C18H16O3. The lowest BCUT2D eigenvalue weighted by Crippen LogP contribution is -1.94. The summed E-state index contributed by atoms with van der Waals surface area (Å²) in [6.45, 7) is 4.07. The van der Waals surface area contributed by atoms with E-state index in [1.165, 1.54) is 11.6 Å². The maximum absolute atomic E-state index is 11.2. The first-order valence-corrected chi connectivity index (χ1v) is 6.76. The second-order valence-corrected chi connectivity index (χ2v) is 5.31. The molecule has 0 fully saturated rings. The number of aliphatic carboxylic acids is 1. The first-order chi connectivity index (χ1) is 10.0. The molecule has 21 heavy (non-hydrogen) atoms. The molecule has 0 radical (unpaired) electrons. The molecule has 106 valence electrons. The van der Waals surface area contributed by atoms with Gasteiger partial charge >= 0.3 is 5.97 Å². The van der Waals surface area contributed by atoms with Gasteiger partial charge < -0.3 is 9.84 Å². The molecular weight excluding hydrogens is 264 g/mol. The van der Waals surface area contributed by atoms with Crippen LogP contribution in [0.5, 0.6) is 5.75 Å². The smallest absolute Gasteiger partial charge is 0.328 e. The number of ether oxygens (including phenoxy) is 1. The van der Waals surface area contributed by atoms with E-state index in [1.807, 2.05) is 25.1 Å². The number of hydrogen-bond acceptors (Lipinski definition) is 2. The Morgan fingerprint density at radius 2 is 1.86 bits per heavy atom. The average molecular weight is 280 g/mol. The van der Waals surface area contributed by atoms with E-state index in [9.17, 15) is 9.90 Å². The molecule has 3 heteroatoms. The Morgan fingerprint density at radius 3 is 2.52 bits per heavy atom. The zero-order valence-corrected chi connectivity index (χ0v) is 12.2. The minimum atomic E-state index is -0.938. The number of carboxylic acid groups (broad SMARTS) is 1. The third-order valence-electron chi connectivity index (χ3n) is 3.82. The van der Waals surface area contributed by atoms with E-state index < -0.39 is 5.97 Å². The molecule has 1 N–H and O–H groups in total. The summed E-state index contributed by atoms with van der Waals surface area (Å²) >= 11 is 0. The normalized spacial score (nSPS) is 14.0. The summed E-state index contributed by atoms with van der Waals surface area (Å²) in [6, 6.07) is 9.99. The van der Waals surface area contributed by atoms with Gasteiger partial charge in [0, 0.05) is 6.08 Å². The van der Waals surface area contributed by atoms with E-state index in [1.54, 1.807) is 7.11 Å². The molecule has 2 aromatic rings. The second kappa shape index (κ2) is 4.77. The molecule has 0 heterocycles. The van der Waals surface area contributed by atoms with E-state index in [0.717, 1.165) is 39.1 Å². The highest BCUT2D eigenvalue weighted by atomic mass is 16.5. The van der Waals surface area contributed by atoms with Crippen molar-refractivity contribution in [2.24, 2.45) is 0 Å². The number of aryl methyl sites for hydroxylation is 2. The third kappa shape index (κ3) is 2.11. The molecule has 3 rings (SSSR count). The largest absolute Gasteiger partial charge is 0.497 e. The number of carboxylic acids is 1. The predicted molar refractivity (Wildman–Crippen MR) is 82.6 cm³/mol. The Morgan fingerprint density at radius 1 is 1.10 bits per heavy atom. The van der Waals surface area contributed by atoms with Crippen molar-refractivity contribution in [1.29, 1.82) is 0 Å². The number of benzene rings is 2. The Balaban J connectivity index is 2.37. The minimum absolute atomic E-state index is 0.729. The van der Waals surface area contributed by atoms with Crippen LogP contribution in [0, 0.1) is 13.8 Å². The van der Waals surface area contributed by atoms with E-state index >= 15 is 0 Å². The highest BCUT2D eigenvalue weighted by molar-refractivity contribution is 6.07. The maximum Gasteiger partial charge on any atom is 0.328 e. The van der Waals surface area contributed by atoms with Gasteiger partial charge in [-0.3, -0.25) is 0 Å². The molecule has 0 spiro atoms. The van der Waals surface area contributed by atoms with Gasteiger partial charge in [0.1, 0.15) is 5.75 Å². The molecule has 0 aliphatic heterocycles. The van der Waals surface area contributed by atoms with Crippen LogP contribution in [0.2, 0.25) is 0 Å². The van der Waals surface area contributed by atoms with Crippen molar-refractivity contribution in [3.05, 3.63) is 58.7 Å². The summed E-state index contributed by atoms with van der Waals surface area (Å²) in [5.41, 5.74) is 7.09. The van der Waals surface area contributed by atoms with Crippen LogP contribution in [0.1, 0.15) is 22.3 Å². The summed E-state index contributed by atoms with van der Waals surface area (Å²) < 4.78 is 5.27. The molecule has 0 unspecified atom stereocenters. The van der Waals surface area contributed by atoms with Crippen LogP contribution < -0.4 is 4.74 Å². The van der Waals surface area contributed by atoms with E-state index in [2.05, 4.69) is 19.1 Å². The predicted octanol–water partition coefficient (Wildman–Crippen LogP) is 3.81. The number of carbonyl (C=O) groups is 1. The van der Waals surface area contributed by atoms with Gasteiger partial charge in [-0.1, -0.05) is 23.8 Å². The van der Waals surface area contributed by atoms with Gasteiger partial charge in [-0.2, -0.15) is 0 Å². The first-order valence-electron chi connectivity index (χ1n) is 6.76. The van der Waals surface area contributed by atoms with Crippen LogP contribution in [0.3, 0.4) is 0 Å². The summed E-state index contributed by atoms with van der Waals surface area (Å²) in [4.78, 5) is 11.2.